The fraction of sp³-hybridized carbons (Fsp3) is 0.375. The van der Waals surface area contributed by atoms with Gasteiger partial charge in [-0.2, -0.15) is 0 Å². The summed E-state index contributed by atoms with van der Waals surface area (Å²) in [5, 5.41) is 0. The van der Waals surface area contributed by atoms with E-state index in [0.717, 1.165) is 15.7 Å². The third-order valence-electron chi connectivity index (χ3n) is 1.29. The summed E-state index contributed by atoms with van der Waals surface area (Å²) >= 11 is 3.24. The van der Waals surface area contributed by atoms with Crippen molar-refractivity contribution in [3.63, 3.8) is 0 Å². The average molecular weight is 200 g/mol. The van der Waals surface area contributed by atoms with Gasteiger partial charge in [0.1, 0.15) is 5.57 Å². The molecular weight excluding hydrogens is 192 g/mol. The van der Waals surface area contributed by atoms with Crippen molar-refractivity contribution in [1.82, 2.24) is 0 Å². The molecule has 0 aliphatic carbocycles. The molecule has 64 valence electrons. The lowest BCUT2D eigenvalue weighted by atomic mass is 10.3. The van der Waals surface area contributed by atoms with E-state index in [1.165, 1.54) is 7.11 Å². The molecule has 0 aromatic heterocycles. The number of methoxy groups -OCH3 is 1. The van der Waals surface area contributed by atoms with E-state index in [9.17, 15) is 4.79 Å². The van der Waals surface area contributed by atoms with E-state index >= 15 is 0 Å². The topological polar surface area (TPSA) is 26.3 Å². The van der Waals surface area contributed by atoms with Crippen LogP contribution in [-0.2, 0) is 9.53 Å². The first kappa shape index (κ1) is 9.56. The third-order valence-corrected chi connectivity index (χ3v) is 4.00. The predicted octanol–water partition coefficient (Wildman–Crippen LogP) is 1.48. The molecule has 0 amide bonds. The normalized spacial score (nSPS) is 15.5. The van der Waals surface area contributed by atoms with Crippen molar-refractivity contribution >= 4 is 29.5 Å². The molecule has 1 saturated heterocycles. The van der Waals surface area contributed by atoms with Gasteiger partial charge in [-0.05, 0) is 0 Å². The average Bonchev–Trinajstić information content (AvgIpc) is 2.58. The molecule has 0 aromatic carbocycles. The highest BCUT2D eigenvalue weighted by Gasteiger charge is 2.18. The molecule has 1 fully saturated rings. The van der Waals surface area contributed by atoms with Crippen molar-refractivity contribution in [2.24, 2.45) is 0 Å². The number of thioether (sulfide) groups is 2. The minimum atomic E-state index is -0.408. The van der Waals surface area contributed by atoms with Gasteiger partial charge in [-0.25, -0.2) is 4.79 Å². The Hall–Kier alpha value is -0.530. The number of rotatable bonds is 1. The van der Waals surface area contributed by atoms with Crippen LogP contribution in [0.1, 0.15) is 0 Å². The molecule has 0 bridgehead atoms. The van der Waals surface area contributed by atoms with Gasteiger partial charge < -0.3 is 4.74 Å². The van der Waals surface area contributed by atoms with E-state index in [0.29, 0.717) is 5.57 Å². The van der Waals surface area contributed by atoms with Crippen LogP contribution in [0.5, 0.6) is 0 Å². The molecule has 0 radical (unpaired) electrons. The van der Waals surface area contributed by atoms with Gasteiger partial charge in [-0.15, -0.1) is 29.9 Å². The maximum atomic E-state index is 11.1. The van der Waals surface area contributed by atoms with Crippen LogP contribution in [0, 0.1) is 12.3 Å². The van der Waals surface area contributed by atoms with Gasteiger partial charge in [0.15, 0.2) is 0 Å². The molecule has 0 saturated carbocycles. The van der Waals surface area contributed by atoms with Crippen molar-refractivity contribution in [1.29, 1.82) is 0 Å². The summed E-state index contributed by atoms with van der Waals surface area (Å²) < 4.78 is 5.47. The van der Waals surface area contributed by atoms with Crippen molar-refractivity contribution in [3.05, 3.63) is 9.81 Å². The van der Waals surface area contributed by atoms with E-state index in [2.05, 4.69) is 10.7 Å². The van der Waals surface area contributed by atoms with Crippen LogP contribution in [0.15, 0.2) is 9.81 Å². The largest absolute Gasteiger partial charge is 0.465 e. The summed E-state index contributed by atoms with van der Waals surface area (Å²) in [5.41, 5.74) is 0.366. The number of hydrogen-bond donors (Lipinski definition) is 0. The smallest absolute Gasteiger partial charge is 0.348 e. The summed E-state index contributed by atoms with van der Waals surface area (Å²) in [4.78, 5) is 11.1. The Morgan fingerprint density at radius 3 is 2.58 bits per heavy atom. The first-order valence-electron chi connectivity index (χ1n) is 3.34. The van der Waals surface area contributed by atoms with Crippen molar-refractivity contribution < 1.29 is 9.53 Å². The standard InChI is InChI=1S/C8H8O2S2/c1-3-6(7(9)10-2)8-11-4-5-12-8/h1H,4-5H2,2H3. The van der Waals surface area contributed by atoms with Crippen molar-refractivity contribution in [2.45, 2.75) is 0 Å². The van der Waals surface area contributed by atoms with Crippen molar-refractivity contribution in [3.8, 4) is 12.3 Å². The SMILES string of the molecule is C#CC(C(=O)OC)=C1SCCS1. The van der Waals surface area contributed by atoms with Gasteiger partial charge in [-0.1, -0.05) is 5.92 Å². The number of esters is 1. The van der Waals surface area contributed by atoms with Gasteiger partial charge in [-0.3, -0.25) is 0 Å². The quantitative estimate of drug-likeness (QED) is 0.364. The zero-order chi connectivity index (χ0) is 8.97. The molecule has 2 nitrogen and oxygen atoms in total. The molecule has 12 heavy (non-hydrogen) atoms. The van der Waals surface area contributed by atoms with E-state index < -0.39 is 5.97 Å². The summed E-state index contributed by atoms with van der Waals surface area (Å²) in [6.07, 6.45) is 5.19. The Kier molecular flexibility index (Phi) is 3.57. The molecule has 0 unspecified atom stereocenters. The van der Waals surface area contributed by atoms with E-state index in [1.54, 1.807) is 23.5 Å². The van der Waals surface area contributed by atoms with E-state index in [-0.39, 0.29) is 0 Å². The third kappa shape index (κ3) is 1.99. The highest BCUT2D eigenvalue weighted by atomic mass is 32.2. The Balaban J connectivity index is 2.86. The molecule has 1 aliphatic rings. The van der Waals surface area contributed by atoms with Crippen molar-refractivity contribution in [2.75, 3.05) is 18.6 Å². The zero-order valence-electron chi connectivity index (χ0n) is 6.62. The number of carbonyl (C=O) groups excluding carboxylic acids is 1. The minimum Gasteiger partial charge on any atom is -0.465 e. The Morgan fingerprint density at radius 2 is 2.17 bits per heavy atom. The van der Waals surface area contributed by atoms with Gasteiger partial charge in [0.2, 0.25) is 0 Å². The fourth-order valence-electron chi connectivity index (χ4n) is 0.758. The second-order valence-electron chi connectivity index (χ2n) is 2.00. The summed E-state index contributed by atoms with van der Waals surface area (Å²) in [7, 11) is 1.34. The molecule has 1 rings (SSSR count). The lowest BCUT2D eigenvalue weighted by Crippen LogP contribution is -2.03. The Labute approximate surface area is 80.1 Å². The molecule has 0 atom stereocenters. The number of carbonyl (C=O) groups is 1. The first-order chi connectivity index (χ1) is 5.79. The lowest BCUT2D eigenvalue weighted by Gasteiger charge is -2.00. The summed E-state index contributed by atoms with van der Waals surface area (Å²) in [6.45, 7) is 0. The van der Waals surface area contributed by atoms with E-state index in [1.807, 2.05) is 0 Å². The monoisotopic (exact) mass is 200 g/mol. The van der Waals surface area contributed by atoms with Gasteiger partial charge in [0, 0.05) is 11.5 Å². The number of ether oxygens (including phenoxy) is 1. The van der Waals surface area contributed by atoms with Crippen LogP contribution in [0.4, 0.5) is 0 Å². The molecule has 4 heteroatoms. The molecule has 1 aliphatic heterocycles. The second-order valence-corrected chi connectivity index (χ2v) is 4.46. The van der Waals surface area contributed by atoms with Crippen LogP contribution in [0.3, 0.4) is 0 Å². The molecule has 1 heterocycles. The van der Waals surface area contributed by atoms with Crippen LogP contribution < -0.4 is 0 Å². The molecule has 0 N–H and O–H groups in total. The first-order valence-corrected chi connectivity index (χ1v) is 5.31. The fourth-order valence-corrected chi connectivity index (χ4v) is 3.20. The van der Waals surface area contributed by atoms with Crippen LogP contribution in [0.25, 0.3) is 0 Å². The summed E-state index contributed by atoms with van der Waals surface area (Å²) in [6, 6.07) is 0. The zero-order valence-corrected chi connectivity index (χ0v) is 8.26. The van der Waals surface area contributed by atoms with Crippen LogP contribution in [0.2, 0.25) is 0 Å². The molecule has 0 aromatic rings. The van der Waals surface area contributed by atoms with Gasteiger partial charge in [0.25, 0.3) is 0 Å². The second kappa shape index (κ2) is 4.48. The summed E-state index contributed by atoms with van der Waals surface area (Å²) in [5.74, 6) is 3.98. The Morgan fingerprint density at radius 1 is 1.58 bits per heavy atom. The number of hydrogen-bond acceptors (Lipinski definition) is 4. The van der Waals surface area contributed by atoms with Gasteiger partial charge >= 0.3 is 5.97 Å². The van der Waals surface area contributed by atoms with Crippen LogP contribution >= 0.6 is 23.5 Å². The number of terminal acetylenes is 1. The highest BCUT2D eigenvalue weighted by Crippen LogP contribution is 2.38. The lowest BCUT2D eigenvalue weighted by molar-refractivity contribution is -0.135. The molecule has 0 spiro atoms. The Bertz CT molecular complexity index is 255. The molecular formula is C8H8O2S2. The van der Waals surface area contributed by atoms with E-state index in [4.69, 9.17) is 6.42 Å². The van der Waals surface area contributed by atoms with Crippen LogP contribution in [-0.4, -0.2) is 24.6 Å². The highest BCUT2D eigenvalue weighted by molar-refractivity contribution is 8.25. The predicted molar refractivity (Wildman–Crippen MR) is 52.8 cm³/mol. The maximum absolute atomic E-state index is 11.1. The minimum absolute atomic E-state index is 0.366. The maximum Gasteiger partial charge on any atom is 0.348 e. The van der Waals surface area contributed by atoms with Gasteiger partial charge in [0.05, 0.1) is 11.3 Å².